The first-order chi connectivity index (χ1) is 9.67. The van der Waals surface area contributed by atoms with Gasteiger partial charge in [-0.15, -0.1) is 24.0 Å². The van der Waals surface area contributed by atoms with E-state index in [0.717, 1.165) is 44.1 Å². The van der Waals surface area contributed by atoms with Crippen molar-refractivity contribution in [2.75, 3.05) is 20.1 Å². The van der Waals surface area contributed by atoms with Crippen LogP contribution in [-0.2, 0) is 6.42 Å². The second-order valence-corrected chi connectivity index (χ2v) is 5.08. The number of hydrogen-bond donors (Lipinski definition) is 2. The Hall–Kier alpha value is -0.860. The summed E-state index contributed by atoms with van der Waals surface area (Å²) >= 11 is 0. The molecule has 122 valence electrons. The third-order valence-corrected chi connectivity index (χ3v) is 2.91. The molecule has 0 bridgehead atoms. The van der Waals surface area contributed by atoms with Crippen LogP contribution in [0.25, 0.3) is 0 Å². The first-order valence-corrected chi connectivity index (χ1v) is 7.44. The number of hydrogen-bond acceptors (Lipinski definition) is 4. The molecule has 0 aliphatic heterocycles. The van der Waals surface area contributed by atoms with Crippen LogP contribution in [0.5, 0.6) is 0 Å². The predicted octanol–water partition coefficient (Wildman–Crippen LogP) is 2.71. The maximum atomic E-state index is 5.20. The average molecular weight is 409 g/mol. The van der Waals surface area contributed by atoms with Gasteiger partial charge in [-0.3, -0.25) is 4.99 Å². The second kappa shape index (κ2) is 11.8. The van der Waals surface area contributed by atoms with Gasteiger partial charge in [0.25, 0.3) is 0 Å². The van der Waals surface area contributed by atoms with Gasteiger partial charge in [0, 0.05) is 32.5 Å². The van der Waals surface area contributed by atoms with E-state index in [0.29, 0.717) is 11.8 Å². The molecule has 0 saturated carbocycles. The van der Waals surface area contributed by atoms with E-state index < -0.39 is 0 Å². The molecule has 0 aliphatic carbocycles. The quantitative estimate of drug-likeness (QED) is 0.299. The summed E-state index contributed by atoms with van der Waals surface area (Å²) in [6, 6.07) is 0. The second-order valence-electron chi connectivity index (χ2n) is 5.08. The largest absolute Gasteiger partial charge is 0.356 e. The minimum absolute atomic E-state index is 0. The van der Waals surface area contributed by atoms with Gasteiger partial charge in [-0.05, 0) is 12.8 Å². The van der Waals surface area contributed by atoms with Crippen molar-refractivity contribution in [3.8, 4) is 0 Å². The SMILES string of the molecule is CCCCNC(=NC)NCCCc1nc(C(C)C)no1.I. The van der Waals surface area contributed by atoms with Crippen molar-refractivity contribution in [3.05, 3.63) is 11.7 Å². The van der Waals surface area contributed by atoms with Crippen LogP contribution in [-0.4, -0.2) is 36.2 Å². The lowest BCUT2D eigenvalue weighted by molar-refractivity contribution is 0.368. The van der Waals surface area contributed by atoms with E-state index in [2.05, 4.69) is 46.5 Å². The minimum Gasteiger partial charge on any atom is -0.356 e. The highest BCUT2D eigenvalue weighted by molar-refractivity contribution is 14.0. The van der Waals surface area contributed by atoms with Gasteiger partial charge in [0.1, 0.15) is 0 Å². The van der Waals surface area contributed by atoms with E-state index in [4.69, 9.17) is 4.52 Å². The highest BCUT2D eigenvalue weighted by atomic mass is 127. The van der Waals surface area contributed by atoms with Crippen LogP contribution < -0.4 is 10.6 Å². The summed E-state index contributed by atoms with van der Waals surface area (Å²) in [4.78, 5) is 8.53. The van der Waals surface area contributed by atoms with E-state index in [-0.39, 0.29) is 24.0 Å². The topological polar surface area (TPSA) is 75.3 Å². The summed E-state index contributed by atoms with van der Waals surface area (Å²) in [5.74, 6) is 2.66. The first-order valence-electron chi connectivity index (χ1n) is 7.44. The van der Waals surface area contributed by atoms with E-state index in [1.807, 2.05) is 0 Å². The predicted molar refractivity (Wildman–Crippen MR) is 96.4 cm³/mol. The van der Waals surface area contributed by atoms with Crippen LogP contribution in [0.1, 0.15) is 57.7 Å². The third-order valence-electron chi connectivity index (χ3n) is 2.91. The molecular weight excluding hydrogens is 381 g/mol. The summed E-state index contributed by atoms with van der Waals surface area (Å²) in [6.07, 6.45) is 4.06. The van der Waals surface area contributed by atoms with E-state index >= 15 is 0 Å². The van der Waals surface area contributed by atoms with Gasteiger partial charge in [0.15, 0.2) is 11.8 Å². The molecule has 0 spiro atoms. The van der Waals surface area contributed by atoms with Crippen molar-refractivity contribution < 1.29 is 4.52 Å². The van der Waals surface area contributed by atoms with Gasteiger partial charge < -0.3 is 15.2 Å². The fourth-order valence-electron chi connectivity index (χ4n) is 1.65. The number of aromatic nitrogens is 2. The molecule has 1 heterocycles. The average Bonchev–Trinajstić information content (AvgIpc) is 2.90. The molecular formula is C14H28IN5O. The Labute approximate surface area is 144 Å². The molecule has 1 aromatic rings. The smallest absolute Gasteiger partial charge is 0.226 e. The molecule has 0 radical (unpaired) electrons. The van der Waals surface area contributed by atoms with Crippen molar-refractivity contribution in [1.82, 2.24) is 20.8 Å². The molecule has 21 heavy (non-hydrogen) atoms. The molecule has 0 aromatic carbocycles. The molecule has 1 aromatic heterocycles. The van der Waals surface area contributed by atoms with Crippen molar-refractivity contribution in [3.63, 3.8) is 0 Å². The van der Waals surface area contributed by atoms with Gasteiger partial charge in [0.2, 0.25) is 5.89 Å². The lowest BCUT2D eigenvalue weighted by Crippen LogP contribution is -2.38. The zero-order valence-electron chi connectivity index (χ0n) is 13.5. The molecule has 0 atom stereocenters. The van der Waals surface area contributed by atoms with Crippen LogP contribution in [0.2, 0.25) is 0 Å². The molecule has 0 saturated heterocycles. The summed E-state index contributed by atoms with van der Waals surface area (Å²) in [5.41, 5.74) is 0. The highest BCUT2D eigenvalue weighted by Gasteiger charge is 2.09. The molecule has 0 fully saturated rings. The number of aryl methyl sites for hydroxylation is 1. The number of halogens is 1. The van der Waals surface area contributed by atoms with Gasteiger partial charge in [-0.25, -0.2) is 0 Å². The Morgan fingerprint density at radius 2 is 1.90 bits per heavy atom. The Bertz CT molecular complexity index is 406. The molecule has 6 nitrogen and oxygen atoms in total. The molecule has 0 amide bonds. The number of guanidine groups is 1. The van der Waals surface area contributed by atoms with E-state index in [1.54, 1.807) is 7.05 Å². The highest BCUT2D eigenvalue weighted by Crippen LogP contribution is 2.10. The van der Waals surface area contributed by atoms with Gasteiger partial charge in [-0.2, -0.15) is 4.98 Å². The summed E-state index contributed by atoms with van der Waals surface area (Å²) in [7, 11) is 1.79. The van der Waals surface area contributed by atoms with Crippen molar-refractivity contribution >= 4 is 29.9 Å². The standard InChI is InChI=1S/C14H27N5O.HI/c1-5-6-9-16-14(15-4)17-10-7-8-12-18-13(11(2)3)19-20-12;/h11H,5-10H2,1-4H3,(H2,15,16,17);1H. The van der Waals surface area contributed by atoms with E-state index in [1.165, 1.54) is 6.42 Å². The summed E-state index contributed by atoms with van der Waals surface area (Å²) in [6.45, 7) is 8.08. The number of rotatable bonds is 8. The van der Waals surface area contributed by atoms with Gasteiger partial charge >= 0.3 is 0 Å². The lowest BCUT2D eigenvalue weighted by atomic mass is 10.2. The van der Waals surface area contributed by atoms with Gasteiger partial charge in [-0.1, -0.05) is 32.3 Å². The van der Waals surface area contributed by atoms with Crippen molar-refractivity contribution in [2.24, 2.45) is 4.99 Å². The van der Waals surface area contributed by atoms with Crippen LogP contribution >= 0.6 is 24.0 Å². The molecule has 1 rings (SSSR count). The Morgan fingerprint density at radius 3 is 2.43 bits per heavy atom. The van der Waals surface area contributed by atoms with Crippen molar-refractivity contribution in [2.45, 2.75) is 52.4 Å². The summed E-state index contributed by atoms with van der Waals surface area (Å²) in [5, 5.41) is 10.5. The maximum absolute atomic E-state index is 5.20. The Balaban J connectivity index is 0.00000400. The number of unbranched alkanes of at least 4 members (excludes halogenated alkanes) is 1. The van der Waals surface area contributed by atoms with Gasteiger partial charge in [0.05, 0.1) is 0 Å². The van der Waals surface area contributed by atoms with Crippen molar-refractivity contribution in [1.29, 1.82) is 0 Å². The van der Waals surface area contributed by atoms with Crippen LogP contribution in [0, 0.1) is 0 Å². The number of nitrogens with zero attached hydrogens (tertiary/aromatic N) is 3. The van der Waals surface area contributed by atoms with Crippen LogP contribution in [0.3, 0.4) is 0 Å². The molecule has 0 aliphatic rings. The number of nitrogens with one attached hydrogen (secondary N) is 2. The number of aliphatic imine (C=N–C) groups is 1. The first kappa shape index (κ1) is 20.1. The fraction of sp³-hybridized carbons (Fsp3) is 0.786. The summed E-state index contributed by atoms with van der Waals surface area (Å²) < 4.78 is 5.20. The minimum atomic E-state index is 0. The molecule has 7 heteroatoms. The lowest BCUT2D eigenvalue weighted by Gasteiger charge is -2.10. The van der Waals surface area contributed by atoms with Crippen LogP contribution in [0.4, 0.5) is 0 Å². The fourth-order valence-corrected chi connectivity index (χ4v) is 1.65. The molecule has 0 unspecified atom stereocenters. The zero-order valence-corrected chi connectivity index (χ0v) is 15.8. The monoisotopic (exact) mass is 409 g/mol. The zero-order chi connectivity index (χ0) is 14.8. The Morgan fingerprint density at radius 1 is 1.24 bits per heavy atom. The molecule has 2 N–H and O–H groups in total. The Kier molecular flexibility index (Phi) is 11.3. The maximum Gasteiger partial charge on any atom is 0.226 e. The third kappa shape index (κ3) is 8.23. The van der Waals surface area contributed by atoms with Crippen LogP contribution in [0.15, 0.2) is 9.52 Å². The van der Waals surface area contributed by atoms with E-state index in [9.17, 15) is 0 Å². The normalized spacial score (nSPS) is 11.4.